The second-order valence-electron chi connectivity index (χ2n) is 3.77. The molecule has 2 rings (SSSR count). The third kappa shape index (κ3) is 2.68. The standard InChI is InChI=1S/C11H16N4S/c1-9-10(5-14-15(9)2)3-4-12-6-11-7-13-8-16-11/h5,7-8,12H,3-4,6H2,1-2H3. The van der Waals surface area contributed by atoms with Crippen molar-refractivity contribution in [3.63, 3.8) is 0 Å². The summed E-state index contributed by atoms with van der Waals surface area (Å²) in [6.07, 6.45) is 4.88. The summed E-state index contributed by atoms with van der Waals surface area (Å²) in [5.74, 6) is 0. The van der Waals surface area contributed by atoms with Crippen LogP contribution >= 0.6 is 11.3 Å². The molecule has 2 heterocycles. The number of aromatic nitrogens is 3. The van der Waals surface area contributed by atoms with Crippen LogP contribution in [0.25, 0.3) is 0 Å². The summed E-state index contributed by atoms with van der Waals surface area (Å²) in [7, 11) is 1.98. The number of hydrogen-bond donors (Lipinski definition) is 1. The monoisotopic (exact) mass is 236 g/mol. The average molecular weight is 236 g/mol. The van der Waals surface area contributed by atoms with Crippen LogP contribution in [0.3, 0.4) is 0 Å². The lowest BCUT2D eigenvalue weighted by molar-refractivity contribution is 0.688. The molecule has 0 aliphatic rings. The van der Waals surface area contributed by atoms with E-state index in [1.807, 2.05) is 29.6 Å². The molecule has 0 amide bonds. The van der Waals surface area contributed by atoms with E-state index in [1.165, 1.54) is 16.1 Å². The van der Waals surface area contributed by atoms with Crippen molar-refractivity contribution in [2.75, 3.05) is 6.54 Å². The van der Waals surface area contributed by atoms with Crippen molar-refractivity contribution in [2.24, 2.45) is 7.05 Å². The van der Waals surface area contributed by atoms with Gasteiger partial charge in [0.05, 0.1) is 11.7 Å². The van der Waals surface area contributed by atoms with Crippen LogP contribution in [0, 0.1) is 6.92 Å². The summed E-state index contributed by atoms with van der Waals surface area (Å²) >= 11 is 1.69. The minimum atomic E-state index is 0.907. The lowest BCUT2D eigenvalue weighted by Gasteiger charge is -2.02. The molecule has 5 heteroatoms. The Morgan fingerprint density at radius 2 is 2.31 bits per heavy atom. The predicted octanol–water partition coefficient (Wildman–Crippen LogP) is 1.52. The van der Waals surface area contributed by atoms with Gasteiger partial charge in [0.15, 0.2) is 0 Å². The fraction of sp³-hybridized carbons (Fsp3) is 0.455. The van der Waals surface area contributed by atoms with Crippen molar-refractivity contribution in [1.82, 2.24) is 20.1 Å². The second kappa shape index (κ2) is 5.23. The van der Waals surface area contributed by atoms with Crippen LogP contribution in [0.2, 0.25) is 0 Å². The van der Waals surface area contributed by atoms with E-state index in [2.05, 4.69) is 22.3 Å². The highest BCUT2D eigenvalue weighted by Gasteiger charge is 2.02. The zero-order chi connectivity index (χ0) is 11.4. The number of nitrogens with one attached hydrogen (secondary N) is 1. The molecule has 0 saturated carbocycles. The largest absolute Gasteiger partial charge is 0.311 e. The fourth-order valence-corrected chi connectivity index (χ4v) is 2.12. The summed E-state index contributed by atoms with van der Waals surface area (Å²) in [5, 5.41) is 7.63. The van der Waals surface area contributed by atoms with E-state index in [-0.39, 0.29) is 0 Å². The molecule has 1 N–H and O–H groups in total. The van der Waals surface area contributed by atoms with Gasteiger partial charge >= 0.3 is 0 Å². The molecule has 4 nitrogen and oxygen atoms in total. The fourth-order valence-electron chi connectivity index (χ4n) is 1.55. The highest BCUT2D eigenvalue weighted by atomic mass is 32.1. The van der Waals surface area contributed by atoms with Crippen molar-refractivity contribution < 1.29 is 0 Å². The van der Waals surface area contributed by atoms with E-state index in [0.717, 1.165) is 19.5 Å². The van der Waals surface area contributed by atoms with Gasteiger partial charge in [-0.05, 0) is 25.5 Å². The lowest BCUT2D eigenvalue weighted by atomic mass is 10.2. The van der Waals surface area contributed by atoms with Gasteiger partial charge in [0.25, 0.3) is 0 Å². The molecule has 0 saturated heterocycles. The number of thiazole rings is 1. The SMILES string of the molecule is Cc1c(CCNCc2cncs2)cnn1C. The maximum absolute atomic E-state index is 4.23. The van der Waals surface area contributed by atoms with Crippen molar-refractivity contribution in [3.8, 4) is 0 Å². The van der Waals surface area contributed by atoms with E-state index in [0.29, 0.717) is 0 Å². The van der Waals surface area contributed by atoms with Crippen molar-refractivity contribution in [3.05, 3.63) is 34.0 Å². The molecule has 0 unspecified atom stereocenters. The zero-order valence-electron chi connectivity index (χ0n) is 9.60. The number of nitrogens with zero attached hydrogens (tertiary/aromatic N) is 3. The summed E-state index contributed by atoms with van der Waals surface area (Å²) in [5.41, 5.74) is 4.43. The number of aryl methyl sites for hydroxylation is 1. The minimum absolute atomic E-state index is 0.907. The van der Waals surface area contributed by atoms with Crippen LogP contribution in [0.5, 0.6) is 0 Å². The van der Waals surface area contributed by atoms with Crippen LogP contribution in [0.1, 0.15) is 16.1 Å². The van der Waals surface area contributed by atoms with E-state index in [1.54, 1.807) is 11.3 Å². The van der Waals surface area contributed by atoms with Crippen molar-refractivity contribution in [2.45, 2.75) is 19.9 Å². The van der Waals surface area contributed by atoms with Gasteiger partial charge < -0.3 is 5.32 Å². The van der Waals surface area contributed by atoms with Crippen LogP contribution in [0.4, 0.5) is 0 Å². The first-order valence-corrected chi connectivity index (χ1v) is 6.21. The Bertz CT molecular complexity index is 433. The topological polar surface area (TPSA) is 42.7 Å². The van der Waals surface area contributed by atoms with Gasteiger partial charge in [0.2, 0.25) is 0 Å². The molecule has 2 aromatic heterocycles. The molecule has 16 heavy (non-hydrogen) atoms. The molecular formula is C11H16N4S. The molecular weight excluding hydrogens is 220 g/mol. The molecule has 0 aromatic carbocycles. The number of hydrogen-bond acceptors (Lipinski definition) is 4. The van der Waals surface area contributed by atoms with Crippen molar-refractivity contribution >= 4 is 11.3 Å². The molecule has 0 spiro atoms. The van der Waals surface area contributed by atoms with Gasteiger partial charge in [-0.2, -0.15) is 5.10 Å². The van der Waals surface area contributed by atoms with E-state index >= 15 is 0 Å². The van der Waals surface area contributed by atoms with Crippen LogP contribution in [0.15, 0.2) is 17.9 Å². The van der Waals surface area contributed by atoms with Crippen LogP contribution in [-0.4, -0.2) is 21.3 Å². The van der Waals surface area contributed by atoms with E-state index in [4.69, 9.17) is 0 Å². The molecule has 0 aliphatic heterocycles. The third-order valence-electron chi connectivity index (χ3n) is 2.69. The first kappa shape index (κ1) is 11.3. The van der Waals surface area contributed by atoms with Gasteiger partial charge in [0, 0.05) is 30.4 Å². The van der Waals surface area contributed by atoms with E-state index in [9.17, 15) is 0 Å². The zero-order valence-corrected chi connectivity index (χ0v) is 10.4. The molecule has 0 atom stereocenters. The van der Waals surface area contributed by atoms with Gasteiger partial charge in [-0.25, -0.2) is 0 Å². The Morgan fingerprint density at radius 1 is 1.44 bits per heavy atom. The van der Waals surface area contributed by atoms with Crippen LogP contribution in [-0.2, 0) is 20.0 Å². The Kier molecular flexibility index (Phi) is 3.69. The number of rotatable bonds is 5. The van der Waals surface area contributed by atoms with Gasteiger partial charge in [0.1, 0.15) is 0 Å². The molecule has 0 bridgehead atoms. The maximum Gasteiger partial charge on any atom is 0.0794 e. The van der Waals surface area contributed by atoms with Gasteiger partial charge in [-0.15, -0.1) is 11.3 Å². The normalized spacial score (nSPS) is 10.9. The Morgan fingerprint density at radius 3 is 2.94 bits per heavy atom. The molecule has 0 radical (unpaired) electrons. The first-order valence-electron chi connectivity index (χ1n) is 5.33. The molecule has 2 aromatic rings. The Hall–Kier alpha value is -1.20. The van der Waals surface area contributed by atoms with Crippen molar-refractivity contribution in [1.29, 1.82) is 0 Å². The second-order valence-corrected chi connectivity index (χ2v) is 4.74. The van der Waals surface area contributed by atoms with E-state index < -0.39 is 0 Å². The average Bonchev–Trinajstić information content (AvgIpc) is 2.88. The summed E-state index contributed by atoms with van der Waals surface area (Å²) in [6, 6.07) is 0. The first-order chi connectivity index (χ1) is 7.77. The molecule has 0 fully saturated rings. The summed E-state index contributed by atoms with van der Waals surface area (Å²) in [6.45, 7) is 3.99. The Balaban J connectivity index is 1.74. The quantitative estimate of drug-likeness (QED) is 0.800. The molecule has 86 valence electrons. The van der Waals surface area contributed by atoms with Gasteiger partial charge in [-0.3, -0.25) is 9.67 Å². The minimum Gasteiger partial charge on any atom is -0.311 e. The lowest BCUT2D eigenvalue weighted by Crippen LogP contribution is -2.16. The van der Waals surface area contributed by atoms with Gasteiger partial charge in [-0.1, -0.05) is 0 Å². The summed E-state index contributed by atoms with van der Waals surface area (Å²) in [4.78, 5) is 5.32. The smallest absolute Gasteiger partial charge is 0.0794 e. The predicted molar refractivity (Wildman–Crippen MR) is 65.5 cm³/mol. The van der Waals surface area contributed by atoms with Crippen LogP contribution < -0.4 is 5.32 Å². The summed E-state index contributed by atoms with van der Waals surface area (Å²) < 4.78 is 1.92. The highest BCUT2D eigenvalue weighted by Crippen LogP contribution is 2.07. The highest BCUT2D eigenvalue weighted by molar-refractivity contribution is 7.09. The Labute approximate surface area is 99.3 Å². The third-order valence-corrected chi connectivity index (χ3v) is 3.47. The molecule has 0 aliphatic carbocycles. The maximum atomic E-state index is 4.23.